The highest BCUT2D eigenvalue weighted by atomic mass is 16.6. The van der Waals surface area contributed by atoms with Crippen molar-refractivity contribution in [2.45, 2.75) is 6.92 Å². The monoisotopic (exact) mass is 359 g/mol. The number of ether oxygens (including phenoxy) is 4. The van der Waals surface area contributed by atoms with Crippen molar-refractivity contribution in [3.63, 3.8) is 0 Å². The van der Waals surface area contributed by atoms with Gasteiger partial charge in [-0.3, -0.25) is 0 Å². The largest absolute Gasteiger partial charge is 0.493 e. The van der Waals surface area contributed by atoms with Crippen molar-refractivity contribution in [2.75, 3.05) is 32.7 Å². The molecule has 0 atom stereocenters. The number of benzene rings is 2. The number of hydrogen-bond donors (Lipinski definition) is 1. The minimum absolute atomic E-state index is 0.0377. The van der Waals surface area contributed by atoms with Crippen LogP contribution in [-0.4, -0.2) is 38.9 Å². The lowest BCUT2D eigenvalue weighted by Gasteiger charge is -2.14. The van der Waals surface area contributed by atoms with Gasteiger partial charge in [-0.25, -0.2) is 9.59 Å². The van der Waals surface area contributed by atoms with Crippen LogP contribution in [0.25, 0.3) is 0 Å². The Labute approximate surface area is 151 Å². The van der Waals surface area contributed by atoms with Crippen LogP contribution in [-0.2, 0) is 9.47 Å². The number of methoxy groups -OCH3 is 1. The summed E-state index contributed by atoms with van der Waals surface area (Å²) in [5.41, 5.74) is 6.72. The first-order chi connectivity index (χ1) is 12.6. The maximum absolute atomic E-state index is 11.9. The van der Waals surface area contributed by atoms with E-state index < -0.39 is 11.9 Å². The van der Waals surface area contributed by atoms with Gasteiger partial charge >= 0.3 is 11.9 Å². The average molecular weight is 359 g/mol. The van der Waals surface area contributed by atoms with Crippen LogP contribution < -0.4 is 15.2 Å². The smallest absolute Gasteiger partial charge is 0.340 e. The fraction of sp³-hybridized carbons (Fsp3) is 0.263. The summed E-state index contributed by atoms with van der Waals surface area (Å²) in [6.45, 7) is 2.06. The predicted octanol–water partition coefficient (Wildman–Crippen LogP) is 2.69. The van der Waals surface area contributed by atoms with Crippen LogP contribution in [0.5, 0.6) is 11.5 Å². The zero-order valence-corrected chi connectivity index (χ0v) is 14.7. The second-order valence-corrected chi connectivity index (χ2v) is 5.16. The highest BCUT2D eigenvalue weighted by molar-refractivity contribution is 5.96. The third-order valence-corrected chi connectivity index (χ3v) is 3.41. The van der Waals surface area contributed by atoms with Crippen molar-refractivity contribution in [3.05, 3.63) is 53.6 Å². The van der Waals surface area contributed by atoms with Crippen molar-refractivity contribution >= 4 is 17.6 Å². The molecule has 2 rings (SSSR count). The predicted molar refractivity (Wildman–Crippen MR) is 95.6 cm³/mol. The van der Waals surface area contributed by atoms with Gasteiger partial charge in [0.05, 0.1) is 30.5 Å². The van der Waals surface area contributed by atoms with Crippen molar-refractivity contribution in [1.29, 1.82) is 0 Å². The van der Waals surface area contributed by atoms with Gasteiger partial charge in [0.25, 0.3) is 0 Å². The highest BCUT2D eigenvalue weighted by Crippen LogP contribution is 2.32. The first kappa shape index (κ1) is 19.1. The molecule has 0 bridgehead atoms. The summed E-state index contributed by atoms with van der Waals surface area (Å²) < 4.78 is 20.9. The molecule has 0 amide bonds. The Morgan fingerprint density at radius 2 is 1.69 bits per heavy atom. The minimum atomic E-state index is -0.548. The molecule has 138 valence electrons. The molecule has 2 aromatic carbocycles. The summed E-state index contributed by atoms with van der Waals surface area (Å²) in [6.07, 6.45) is 0. The first-order valence-electron chi connectivity index (χ1n) is 8.06. The van der Waals surface area contributed by atoms with Crippen molar-refractivity contribution in [1.82, 2.24) is 0 Å². The molecule has 0 aliphatic carbocycles. The van der Waals surface area contributed by atoms with Gasteiger partial charge in [0.15, 0.2) is 11.5 Å². The third-order valence-electron chi connectivity index (χ3n) is 3.41. The second-order valence-electron chi connectivity index (χ2n) is 5.16. The van der Waals surface area contributed by atoms with Gasteiger partial charge in [-0.1, -0.05) is 18.2 Å². The minimum Gasteiger partial charge on any atom is -0.493 e. The number of anilines is 1. The van der Waals surface area contributed by atoms with Gasteiger partial charge in [0.2, 0.25) is 0 Å². The quantitative estimate of drug-likeness (QED) is 0.440. The lowest BCUT2D eigenvalue weighted by Crippen LogP contribution is -2.13. The average Bonchev–Trinajstić information content (AvgIpc) is 2.66. The van der Waals surface area contributed by atoms with Crippen LogP contribution >= 0.6 is 0 Å². The molecule has 0 fully saturated rings. The standard InChI is InChI=1S/C19H21NO6/c1-3-24-19(22)14-11-17(16(23-2)12-15(14)20)25-9-10-26-18(21)13-7-5-4-6-8-13/h4-8,11-12H,3,9-10,20H2,1-2H3. The number of nitrogen functional groups attached to an aromatic ring is 1. The number of carbonyl (C=O) groups excluding carboxylic acids is 2. The topological polar surface area (TPSA) is 97.1 Å². The van der Waals surface area contributed by atoms with Crippen molar-refractivity contribution < 1.29 is 28.5 Å². The van der Waals surface area contributed by atoms with Gasteiger partial charge in [-0.05, 0) is 19.1 Å². The summed E-state index contributed by atoms with van der Waals surface area (Å²) in [5.74, 6) is -0.316. The van der Waals surface area contributed by atoms with Crippen LogP contribution in [0.15, 0.2) is 42.5 Å². The molecule has 0 heterocycles. The molecular formula is C19H21NO6. The number of hydrogen-bond acceptors (Lipinski definition) is 7. The van der Waals surface area contributed by atoms with Crippen LogP contribution in [0.2, 0.25) is 0 Å². The maximum atomic E-state index is 11.9. The Morgan fingerprint density at radius 3 is 2.35 bits per heavy atom. The van der Waals surface area contributed by atoms with Crippen LogP contribution in [0, 0.1) is 0 Å². The Hall–Kier alpha value is -3.22. The van der Waals surface area contributed by atoms with Gasteiger partial charge in [-0.15, -0.1) is 0 Å². The molecule has 0 aliphatic rings. The molecular weight excluding hydrogens is 338 g/mol. The van der Waals surface area contributed by atoms with Crippen molar-refractivity contribution in [3.8, 4) is 11.5 Å². The molecule has 0 aliphatic heterocycles. The molecule has 0 saturated heterocycles. The van der Waals surface area contributed by atoms with Gasteiger partial charge < -0.3 is 24.7 Å². The summed E-state index contributed by atoms with van der Waals surface area (Å²) in [7, 11) is 1.46. The molecule has 7 heteroatoms. The maximum Gasteiger partial charge on any atom is 0.340 e. The molecule has 0 unspecified atom stereocenters. The molecule has 2 N–H and O–H groups in total. The van der Waals surface area contributed by atoms with E-state index in [9.17, 15) is 9.59 Å². The zero-order valence-electron chi connectivity index (χ0n) is 14.7. The second kappa shape index (κ2) is 9.31. The first-order valence-corrected chi connectivity index (χ1v) is 8.06. The summed E-state index contributed by atoms with van der Waals surface area (Å²) in [5, 5.41) is 0. The Bertz CT molecular complexity index is 760. The fourth-order valence-electron chi connectivity index (χ4n) is 2.18. The zero-order chi connectivity index (χ0) is 18.9. The summed E-state index contributed by atoms with van der Waals surface area (Å²) >= 11 is 0. The normalized spacial score (nSPS) is 10.1. The van der Waals surface area contributed by atoms with Crippen LogP contribution in [0.4, 0.5) is 5.69 Å². The van der Waals surface area contributed by atoms with E-state index >= 15 is 0 Å². The van der Waals surface area contributed by atoms with Gasteiger partial charge in [0.1, 0.15) is 13.2 Å². The Morgan fingerprint density at radius 1 is 0.962 bits per heavy atom. The van der Waals surface area contributed by atoms with Crippen LogP contribution in [0.3, 0.4) is 0 Å². The fourth-order valence-corrected chi connectivity index (χ4v) is 2.18. The van der Waals surface area contributed by atoms with Crippen molar-refractivity contribution in [2.24, 2.45) is 0 Å². The van der Waals surface area contributed by atoms with E-state index in [1.807, 2.05) is 6.07 Å². The number of rotatable bonds is 8. The van der Waals surface area contributed by atoms with Gasteiger partial charge in [0, 0.05) is 12.1 Å². The molecule has 0 radical (unpaired) electrons. The lowest BCUT2D eigenvalue weighted by atomic mass is 10.1. The molecule has 7 nitrogen and oxygen atoms in total. The van der Waals surface area contributed by atoms with E-state index in [1.54, 1.807) is 31.2 Å². The van der Waals surface area contributed by atoms with Gasteiger partial charge in [-0.2, -0.15) is 0 Å². The summed E-state index contributed by atoms with van der Waals surface area (Å²) in [6, 6.07) is 11.6. The molecule has 0 aromatic heterocycles. The van der Waals surface area contributed by atoms with Crippen LogP contribution in [0.1, 0.15) is 27.6 Å². The number of nitrogens with two attached hydrogens (primary N) is 1. The molecule has 2 aromatic rings. The highest BCUT2D eigenvalue weighted by Gasteiger charge is 2.17. The number of esters is 2. The molecule has 0 saturated carbocycles. The van der Waals surface area contributed by atoms with E-state index in [-0.39, 0.29) is 31.1 Å². The number of carbonyl (C=O) groups is 2. The molecule has 26 heavy (non-hydrogen) atoms. The Kier molecular flexibility index (Phi) is 6.84. The molecule has 0 spiro atoms. The van der Waals surface area contributed by atoms with E-state index in [4.69, 9.17) is 24.7 Å². The lowest BCUT2D eigenvalue weighted by molar-refractivity contribution is 0.0449. The SMILES string of the molecule is CCOC(=O)c1cc(OCCOC(=O)c2ccccc2)c(OC)cc1N. The third kappa shape index (κ3) is 4.89. The van der Waals surface area contributed by atoms with E-state index in [0.717, 1.165) is 0 Å². The van der Waals surface area contributed by atoms with E-state index in [1.165, 1.54) is 19.2 Å². The summed E-state index contributed by atoms with van der Waals surface area (Å²) in [4.78, 5) is 23.8. The van der Waals surface area contributed by atoms with E-state index in [0.29, 0.717) is 17.1 Å². The Balaban J connectivity index is 1.98. The van der Waals surface area contributed by atoms with E-state index in [2.05, 4.69) is 0 Å².